The van der Waals surface area contributed by atoms with Crippen LogP contribution >= 0.6 is 0 Å². The second-order valence-electron chi connectivity index (χ2n) is 6.28. The zero-order valence-electron chi connectivity index (χ0n) is 13.6. The molecule has 2 N–H and O–H groups in total. The van der Waals surface area contributed by atoms with Crippen molar-refractivity contribution < 1.29 is 17.5 Å². The summed E-state index contributed by atoms with van der Waals surface area (Å²) in [6, 6.07) is 5.89. The molecule has 1 aliphatic heterocycles. The van der Waals surface area contributed by atoms with Gasteiger partial charge in [0, 0.05) is 12.1 Å². The fourth-order valence-electron chi connectivity index (χ4n) is 2.67. The third-order valence-corrected chi connectivity index (χ3v) is 7.11. The second-order valence-corrected chi connectivity index (χ2v) is 8.96. The molecule has 0 radical (unpaired) electrons. The van der Waals surface area contributed by atoms with Crippen LogP contribution < -0.4 is 5.32 Å². The van der Waals surface area contributed by atoms with Crippen molar-refractivity contribution in [1.29, 1.82) is 5.41 Å². The summed E-state index contributed by atoms with van der Waals surface area (Å²) < 4.78 is 44.7. The Bertz CT molecular complexity index is 688. The van der Waals surface area contributed by atoms with Crippen molar-refractivity contribution in [2.75, 3.05) is 13.2 Å². The fraction of sp³-hybridized carbons (Fsp3) is 0.562. The van der Waals surface area contributed by atoms with Crippen LogP contribution in [0, 0.1) is 11.2 Å². The van der Waals surface area contributed by atoms with Crippen LogP contribution in [0.5, 0.6) is 0 Å². The van der Waals surface area contributed by atoms with Crippen molar-refractivity contribution in [2.24, 2.45) is 0 Å². The molecule has 0 aromatic heterocycles. The van der Waals surface area contributed by atoms with Crippen LogP contribution in [0.15, 0.2) is 24.3 Å². The van der Waals surface area contributed by atoms with Crippen LogP contribution in [0.1, 0.15) is 38.0 Å². The highest BCUT2D eigenvalue weighted by Crippen LogP contribution is 2.37. The number of halogens is 1. The smallest absolute Gasteiger partial charge is 0.169 e. The molecule has 0 spiro atoms. The molecule has 7 heteroatoms. The zero-order valence-corrected chi connectivity index (χ0v) is 14.4. The van der Waals surface area contributed by atoms with Crippen LogP contribution in [0.4, 0.5) is 4.39 Å². The molecule has 5 nitrogen and oxygen atoms in total. The minimum absolute atomic E-state index is 0.100. The van der Waals surface area contributed by atoms with Crippen molar-refractivity contribution in [1.82, 2.24) is 5.32 Å². The van der Waals surface area contributed by atoms with E-state index < -0.39 is 25.7 Å². The third-order valence-electron chi connectivity index (χ3n) is 4.29. The molecule has 1 aromatic carbocycles. The summed E-state index contributed by atoms with van der Waals surface area (Å²) in [5.74, 6) is -0.655. The van der Waals surface area contributed by atoms with E-state index in [1.807, 2.05) is 0 Å². The van der Waals surface area contributed by atoms with Gasteiger partial charge < -0.3 is 10.1 Å². The normalized spacial score (nSPS) is 27.9. The zero-order chi connectivity index (χ0) is 17.3. The van der Waals surface area contributed by atoms with Gasteiger partial charge >= 0.3 is 0 Å². The fourth-order valence-corrected chi connectivity index (χ4v) is 4.79. The quantitative estimate of drug-likeness (QED) is 0.821. The van der Waals surface area contributed by atoms with E-state index in [1.54, 1.807) is 13.0 Å². The molecular weight excluding hydrogens is 319 g/mol. The average Bonchev–Trinajstić information content (AvgIpc) is 2.48. The molecule has 0 saturated carbocycles. The standard InChI is InChI=1S/C16H23FN2O3S/c1-11-10-14(12-6-4-5-7-13(12)17)23(20,21)16(2,3)15(18)19-8-9-22-11/h4-7,11,14H,8-10H2,1-3H3,(H2,18,19)/t11-,14-/m1/s1. The van der Waals surface area contributed by atoms with Crippen LogP contribution in [0.2, 0.25) is 0 Å². The SMILES string of the molecule is C[C@@H]1C[C@H](c2ccccc2F)S(=O)(=O)C(C)(C)C(=N)NCCO1. The Morgan fingerprint density at radius 2 is 2.00 bits per heavy atom. The van der Waals surface area contributed by atoms with Crippen molar-refractivity contribution in [3.05, 3.63) is 35.6 Å². The minimum atomic E-state index is -3.87. The topological polar surface area (TPSA) is 79.2 Å². The first kappa shape index (κ1) is 17.9. The number of amidine groups is 1. The number of sulfone groups is 1. The predicted molar refractivity (Wildman–Crippen MR) is 87.9 cm³/mol. The maximum atomic E-state index is 14.2. The highest BCUT2D eigenvalue weighted by atomic mass is 32.2. The van der Waals surface area contributed by atoms with Crippen molar-refractivity contribution >= 4 is 15.7 Å². The molecule has 1 aromatic rings. The van der Waals surface area contributed by atoms with Crippen molar-refractivity contribution in [3.8, 4) is 0 Å². The Labute approximate surface area is 136 Å². The first-order valence-electron chi connectivity index (χ1n) is 7.60. The Morgan fingerprint density at radius 1 is 1.35 bits per heavy atom. The van der Waals surface area contributed by atoms with Gasteiger partial charge in [-0.25, -0.2) is 12.8 Å². The summed E-state index contributed by atoms with van der Waals surface area (Å²) >= 11 is 0. The average molecular weight is 342 g/mol. The van der Waals surface area contributed by atoms with Gasteiger partial charge in [-0.2, -0.15) is 0 Å². The highest BCUT2D eigenvalue weighted by molar-refractivity contribution is 7.93. The molecular formula is C16H23FN2O3S. The molecule has 1 heterocycles. The lowest BCUT2D eigenvalue weighted by molar-refractivity contribution is 0.0625. The van der Waals surface area contributed by atoms with Gasteiger partial charge in [-0.05, 0) is 33.3 Å². The first-order chi connectivity index (χ1) is 10.7. The number of nitrogens with one attached hydrogen (secondary N) is 2. The molecule has 0 bridgehead atoms. The summed E-state index contributed by atoms with van der Waals surface area (Å²) in [5.41, 5.74) is 0.129. The lowest BCUT2D eigenvalue weighted by atomic mass is 10.1. The first-order valence-corrected chi connectivity index (χ1v) is 9.15. The molecule has 0 aliphatic carbocycles. The molecule has 1 aliphatic rings. The third kappa shape index (κ3) is 3.40. The summed E-state index contributed by atoms with van der Waals surface area (Å²) in [5, 5.41) is 9.80. The Morgan fingerprint density at radius 3 is 2.65 bits per heavy atom. The van der Waals surface area contributed by atoms with Crippen LogP contribution in [0.3, 0.4) is 0 Å². The van der Waals surface area contributed by atoms with Crippen LogP contribution in [-0.4, -0.2) is 38.3 Å². The summed E-state index contributed by atoms with van der Waals surface area (Å²) in [4.78, 5) is 0. The van der Waals surface area contributed by atoms with E-state index in [9.17, 15) is 12.8 Å². The maximum absolute atomic E-state index is 14.2. The molecule has 1 fully saturated rings. The van der Waals surface area contributed by atoms with E-state index in [0.717, 1.165) is 0 Å². The number of rotatable bonds is 1. The molecule has 2 rings (SSSR count). The Hall–Kier alpha value is -1.47. The summed E-state index contributed by atoms with van der Waals surface area (Å²) in [6.07, 6.45) is -0.181. The van der Waals surface area contributed by atoms with Gasteiger partial charge in [-0.15, -0.1) is 0 Å². The molecule has 0 amide bonds. The van der Waals surface area contributed by atoms with E-state index in [4.69, 9.17) is 10.1 Å². The van der Waals surface area contributed by atoms with Gasteiger partial charge in [0.1, 0.15) is 16.4 Å². The number of benzene rings is 1. The molecule has 0 unspecified atom stereocenters. The van der Waals surface area contributed by atoms with Gasteiger partial charge in [0.25, 0.3) is 0 Å². The predicted octanol–water partition coefficient (Wildman–Crippen LogP) is 2.44. The van der Waals surface area contributed by atoms with Crippen molar-refractivity contribution in [3.63, 3.8) is 0 Å². The number of hydrogen-bond acceptors (Lipinski definition) is 4. The van der Waals surface area contributed by atoms with Crippen LogP contribution in [-0.2, 0) is 14.6 Å². The minimum Gasteiger partial charge on any atom is -0.377 e. The Balaban J connectivity index is 2.57. The molecule has 128 valence electrons. The largest absolute Gasteiger partial charge is 0.377 e. The lowest BCUT2D eigenvalue weighted by Gasteiger charge is -2.34. The van der Waals surface area contributed by atoms with E-state index in [1.165, 1.54) is 32.0 Å². The number of ether oxygens (including phenoxy) is 1. The maximum Gasteiger partial charge on any atom is 0.169 e. The monoisotopic (exact) mass is 342 g/mol. The molecule has 2 atom stereocenters. The van der Waals surface area contributed by atoms with Gasteiger partial charge in [0.2, 0.25) is 0 Å². The van der Waals surface area contributed by atoms with Gasteiger partial charge in [-0.3, -0.25) is 5.41 Å². The van der Waals surface area contributed by atoms with E-state index >= 15 is 0 Å². The Kier molecular flexibility index (Phi) is 5.10. The van der Waals surface area contributed by atoms with Gasteiger partial charge in [0.05, 0.1) is 18.0 Å². The van der Waals surface area contributed by atoms with E-state index in [-0.39, 0.29) is 23.9 Å². The lowest BCUT2D eigenvalue weighted by Crippen LogP contribution is -2.51. The summed E-state index contributed by atoms with van der Waals surface area (Å²) in [7, 11) is -3.87. The summed E-state index contributed by atoms with van der Waals surface area (Å²) in [6.45, 7) is 5.48. The van der Waals surface area contributed by atoms with E-state index in [0.29, 0.717) is 13.2 Å². The second kappa shape index (κ2) is 6.57. The van der Waals surface area contributed by atoms with Gasteiger partial charge in [-0.1, -0.05) is 18.2 Å². The molecule has 1 saturated heterocycles. The van der Waals surface area contributed by atoms with Gasteiger partial charge in [0.15, 0.2) is 9.84 Å². The van der Waals surface area contributed by atoms with Crippen molar-refractivity contribution in [2.45, 2.75) is 43.3 Å². The number of hydrogen-bond donors (Lipinski definition) is 2. The van der Waals surface area contributed by atoms with Crippen LogP contribution in [0.25, 0.3) is 0 Å². The molecule has 23 heavy (non-hydrogen) atoms. The van der Waals surface area contributed by atoms with E-state index in [2.05, 4.69) is 5.32 Å². The highest BCUT2D eigenvalue weighted by Gasteiger charge is 2.46.